The number of benzene rings is 1. The monoisotopic (exact) mass is 396 g/mol. The smallest absolute Gasteiger partial charge is 0.407 e. The van der Waals surface area contributed by atoms with Crippen LogP contribution in [0.15, 0.2) is 24.3 Å². The first-order valence-electron chi connectivity index (χ1n) is 11.0. The number of nitrogens with zero attached hydrogens (tertiary/aromatic N) is 1. The van der Waals surface area contributed by atoms with Crippen molar-refractivity contribution in [3.63, 3.8) is 0 Å². The van der Waals surface area contributed by atoms with Crippen molar-refractivity contribution in [1.82, 2.24) is 10.2 Å². The summed E-state index contributed by atoms with van der Waals surface area (Å²) >= 11 is 0. The number of amides is 2. The van der Waals surface area contributed by atoms with E-state index in [-0.39, 0.29) is 28.9 Å². The number of hydrogen-bond donors (Lipinski definition) is 1. The van der Waals surface area contributed by atoms with Crippen molar-refractivity contribution in [2.24, 2.45) is 11.3 Å². The summed E-state index contributed by atoms with van der Waals surface area (Å²) in [5.74, 6) is 0.947. The van der Waals surface area contributed by atoms with E-state index >= 15 is 0 Å². The molecule has 4 aliphatic rings. The third-order valence-corrected chi connectivity index (χ3v) is 7.76. The maximum atomic E-state index is 12.8. The second kappa shape index (κ2) is 6.23. The normalized spacial score (nSPS) is 32.7. The zero-order valence-electron chi connectivity index (χ0n) is 17.8. The Morgan fingerprint density at radius 2 is 1.97 bits per heavy atom. The lowest BCUT2D eigenvalue weighted by Crippen LogP contribution is -2.63. The highest BCUT2D eigenvalue weighted by Gasteiger charge is 2.56. The number of carbonyl (C=O) groups is 2. The number of ether oxygens (including phenoxy) is 1. The third kappa shape index (κ3) is 3.23. The van der Waals surface area contributed by atoms with Crippen molar-refractivity contribution in [3.8, 4) is 0 Å². The summed E-state index contributed by atoms with van der Waals surface area (Å²) in [7, 11) is 0. The van der Waals surface area contributed by atoms with E-state index in [2.05, 4.69) is 55.3 Å². The molecule has 2 spiro atoms. The van der Waals surface area contributed by atoms with Gasteiger partial charge < -0.3 is 15.0 Å². The molecule has 5 heteroatoms. The number of rotatable bonds is 2. The van der Waals surface area contributed by atoms with Crippen LogP contribution in [0.1, 0.15) is 69.9 Å². The molecule has 1 aromatic carbocycles. The highest BCUT2D eigenvalue weighted by Crippen LogP contribution is 2.53. The van der Waals surface area contributed by atoms with Gasteiger partial charge in [0.15, 0.2) is 0 Å². The maximum absolute atomic E-state index is 12.8. The lowest BCUT2D eigenvalue weighted by atomic mass is 9.67. The molecule has 2 aliphatic carbocycles. The van der Waals surface area contributed by atoms with Gasteiger partial charge in [0.2, 0.25) is 5.91 Å². The van der Waals surface area contributed by atoms with Crippen LogP contribution in [0, 0.1) is 11.3 Å². The topological polar surface area (TPSA) is 58.6 Å². The standard InChI is InChI=1S/C24H32N2O3/c1-22(2,3)19-6-4-5-16(9-19)17-7-8-23(10-17)13-26(14-23)20(27)18-11-24(12-18)15-29-21(28)25-24/h4-6,9,17-18H,7-8,10-15H2,1-3H3,(H,25,28). The quantitative estimate of drug-likeness (QED) is 0.823. The number of carbonyl (C=O) groups excluding carboxylic acids is 2. The lowest BCUT2D eigenvalue weighted by Gasteiger charge is -2.52. The van der Waals surface area contributed by atoms with Gasteiger partial charge in [-0.2, -0.15) is 0 Å². The summed E-state index contributed by atoms with van der Waals surface area (Å²) in [5, 5.41) is 2.88. The first-order valence-corrected chi connectivity index (χ1v) is 11.0. The van der Waals surface area contributed by atoms with Crippen LogP contribution in [-0.4, -0.2) is 42.1 Å². The van der Waals surface area contributed by atoms with Crippen molar-refractivity contribution in [2.45, 2.75) is 69.7 Å². The summed E-state index contributed by atoms with van der Waals surface area (Å²) in [4.78, 5) is 26.2. The van der Waals surface area contributed by atoms with E-state index in [0.717, 1.165) is 25.9 Å². The van der Waals surface area contributed by atoms with Gasteiger partial charge in [0.05, 0.1) is 5.54 Å². The Hall–Kier alpha value is -2.04. The molecule has 0 radical (unpaired) electrons. The van der Waals surface area contributed by atoms with Crippen LogP contribution < -0.4 is 5.32 Å². The molecule has 2 saturated carbocycles. The minimum atomic E-state index is -0.341. The molecule has 0 aromatic heterocycles. The van der Waals surface area contributed by atoms with Crippen LogP contribution in [-0.2, 0) is 14.9 Å². The van der Waals surface area contributed by atoms with E-state index in [1.54, 1.807) is 0 Å². The summed E-state index contributed by atoms with van der Waals surface area (Å²) < 4.78 is 5.02. The van der Waals surface area contributed by atoms with Crippen LogP contribution in [0.3, 0.4) is 0 Å². The molecule has 2 amide bonds. The minimum Gasteiger partial charge on any atom is -0.447 e. The van der Waals surface area contributed by atoms with E-state index < -0.39 is 0 Å². The van der Waals surface area contributed by atoms with Crippen molar-refractivity contribution in [2.75, 3.05) is 19.7 Å². The Kier molecular flexibility index (Phi) is 4.07. The molecule has 29 heavy (non-hydrogen) atoms. The summed E-state index contributed by atoms with van der Waals surface area (Å²) in [6, 6.07) is 9.12. The summed E-state index contributed by atoms with van der Waals surface area (Å²) in [6.07, 6.45) is 4.76. The molecule has 1 unspecified atom stereocenters. The van der Waals surface area contributed by atoms with Crippen molar-refractivity contribution in [1.29, 1.82) is 0 Å². The SMILES string of the molecule is CC(C)(C)c1cccc(C2CCC3(C2)CN(C(=O)C2CC4(COC(=O)N4)C2)C3)c1. The van der Waals surface area contributed by atoms with Gasteiger partial charge >= 0.3 is 6.09 Å². The highest BCUT2D eigenvalue weighted by atomic mass is 16.6. The fourth-order valence-corrected chi connectivity index (χ4v) is 5.99. The van der Waals surface area contributed by atoms with Gasteiger partial charge in [0.1, 0.15) is 6.61 Å². The Morgan fingerprint density at radius 3 is 2.62 bits per heavy atom. The van der Waals surface area contributed by atoms with Crippen LogP contribution in [0.5, 0.6) is 0 Å². The second-order valence-electron chi connectivity index (χ2n) is 11.1. The molecule has 2 aliphatic heterocycles. The highest BCUT2D eigenvalue weighted by molar-refractivity contribution is 5.82. The molecule has 1 N–H and O–H groups in total. The number of hydrogen-bond acceptors (Lipinski definition) is 3. The minimum absolute atomic E-state index is 0.0509. The van der Waals surface area contributed by atoms with Gasteiger partial charge in [-0.15, -0.1) is 0 Å². The molecule has 4 fully saturated rings. The van der Waals surface area contributed by atoms with Gasteiger partial charge in [-0.25, -0.2) is 4.79 Å². The molecular formula is C24H32N2O3. The van der Waals surface area contributed by atoms with Crippen molar-refractivity contribution < 1.29 is 14.3 Å². The van der Waals surface area contributed by atoms with Crippen molar-refractivity contribution in [3.05, 3.63) is 35.4 Å². The van der Waals surface area contributed by atoms with Gasteiger partial charge in [-0.05, 0) is 54.6 Å². The molecule has 156 valence electrons. The van der Waals surface area contributed by atoms with Gasteiger partial charge in [0.25, 0.3) is 0 Å². The Balaban J connectivity index is 1.16. The first-order chi connectivity index (χ1) is 13.7. The molecular weight excluding hydrogens is 364 g/mol. The molecule has 2 saturated heterocycles. The predicted molar refractivity (Wildman–Crippen MR) is 111 cm³/mol. The predicted octanol–water partition coefficient (Wildman–Crippen LogP) is 3.97. The van der Waals surface area contributed by atoms with E-state index in [1.165, 1.54) is 30.4 Å². The first kappa shape index (κ1) is 19.0. The average molecular weight is 397 g/mol. The number of alkyl carbamates (subject to hydrolysis) is 1. The van der Waals surface area contributed by atoms with Crippen LogP contribution in [0.25, 0.3) is 0 Å². The Bertz CT molecular complexity index is 844. The van der Waals surface area contributed by atoms with E-state index in [4.69, 9.17) is 4.74 Å². The molecule has 2 heterocycles. The summed E-state index contributed by atoms with van der Waals surface area (Å²) in [6.45, 7) is 9.04. The summed E-state index contributed by atoms with van der Waals surface area (Å²) in [5.41, 5.74) is 3.11. The van der Waals surface area contributed by atoms with E-state index in [9.17, 15) is 9.59 Å². The number of nitrogens with one attached hydrogen (secondary N) is 1. The molecule has 1 atom stereocenters. The number of cyclic esters (lactones) is 1. The van der Waals surface area contributed by atoms with Gasteiger partial charge in [-0.3, -0.25) is 4.79 Å². The van der Waals surface area contributed by atoms with E-state index in [0.29, 0.717) is 17.9 Å². The van der Waals surface area contributed by atoms with Gasteiger partial charge in [0, 0.05) is 24.4 Å². The lowest BCUT2D eigenvalue weighted by molar-refractivity contribution is -0.153. The third-order valence-electron chi connectivity index (χ3n) is 7.76. The average Bonchev–Trinajstić information content (AvgIpc) is 3.22. The van der Waals surface area contributed by atoms with Crippen LogP contribution >= 0.6 is 0 Å². The van der Waals surface area contributed by atoms with Crippen LogP contribution in [0.2, 0.25) is 0 Å². The fourth-order valence-electron chi connectivity index (χ4n) is 5.99. The number of likely N-dealkylation sites (tertiary alicyclic amines) is 1. The maximum Gasteiger partial charge on any atom is 0.407 e. The second-order valence-corrected chi connectivity index (χ2v) is 11.1. The van der Waals surface area contributed by atoms with Gasteiger partial charge in [-0.1, -0.05) is 45.0 Å². The van der Waals surface area contributed by atoms with E-state index in [1.807, 2.05) is 0 Å². The zero-order chi connectivity index (χ0) is 20.4. The molecule has 1 aromatic rings. The molecule has 0 bridgehead atoms. The Labute approximate surface area is 173 Å². The Morgan fingerprint density at radius 1 is 1.21 bits per heavy atom. The zero-order valence-corrected chi connectivity index (χ0v) is 17.8. The van der Waals surface area contributed by atoms with Crippen molar-refractivity contribution >= 4 is 12.0 Å². The van der Waals surface area contributed by atoms with Crippen LogP contribution in [0.4, 0.5) is 4.79 Å². The molecule has 5 nitrogen and oxygen atoms in total. The largest absolute Gasteiger partial charge is 0.447 e. The molecule has 5 rings (SSSR count). The fraction of sp³-hybridized carbons (Fsp3) is 0.667.